The second-order valence-electron chi connectivity index (χ2n) is 5.20. The highest BCUT2D eigenvalue weighted by molar-refractivity contribution is 6.27. The van der Waals surface area contributed by atoms with Crippen LogP contribution in [0.15, 0.2) is 0 Å². The van der Waals surface area contributed by atoms with Gasteiger partial charge in [0.1, 0.15) is 5.88 Å². The van der Waals surface area contributed by atoms with Crippen molar-refractivity contribution in [3.05, 3.63) is 0 Å². The zero-order valence-electron chi connectivity index (χ0n) is 9.44. The molecule has 0 radical (unpaired) electrons. The van der Waals surface area contributed by atoms with E-state index in [4.69, 9.17) is 11.6 Å². The first-order valence-corrected chi connectivity index (χ1v) is 5.03. The molecule has 13 heavy (non-hydrogen) atoms. The van der Waals surface area contributed by atoms with Crippen LogP contribution in [0.3, 0.4) is 0 Å². The van der Waals surface area contributed by atoms with Gasteiger partial charge in [0, 0.05) is 11.1 Å². The Morgan fingerprint density at radius 2 is 1.38 bits per heavy atom. The topological polar surface area (TPSA) is 20.3 Å². The van der Waals surface area contributed by atoms with Crippen molar-refractivity contribution in [3.63, 3.8) is 0 Å². The van der Waals surface area contributed by atoms with Crippen LogP contribution in [-0.2, 0) is 4.79 Å². The molecule has 0 aromatic rings. The van der Waals surface area contributed by atoms with Crippen molar-refractivity contribution in [2.75, 3.05) is 5.88 Å². The van der Waals surface area contributed by atoms with E-state index in [1.54, 1.807) is 0 Å². The van der Waals surface area contributed by atoms with Crippen molar-refractivity contribution in [3.8, 4) is 0 Å². The van der Waals surface area contributed by atoms with Gasteiger partial charge in [-0.2, -0.15) is 0 Å². The van der Waals surface area contributed by atoms with Gasteiger partial charge in [0.05, 0.1) is 0 Å². The van der Waals surface area contributed by atoms with Gasteiger partial charge in [-0.25, -0.2) is 0 Å². The number of amides is 1. The fraction of sp³-hybridized carbons (Fsp3) is 0.900. The molecular weight excluding hydrogens is 186 g/mol. The highest BCUT2D eigenvalue weighted by Gasteiger charge is 2.34. The summed E-state index contributed by atoms with van der Waals surface area (Å²) in [5.41, 5.74) is -0.353. The molecule has 0 fully saturated rings. The Bertz CT molecular complexity index is 174. The van der Waals surface area contributed by atoms with Crippen molar-refractivity contribution < 1.29 is 4.79 Å². The fourth-order valence-electron chi connectivity index (χ4n) is 1.81. The Morgan fingerprint density at radius 3 is 1.46 bits per heavy atom. The predicted octanol–water partition coefficient (Wildman–Crippen LogP) is 2.65. The number of rotatable bonds is 1. The first-order chi connectivity index (χ1) is 5.60. The van der Waals surface area contributed by atoms with Crippen LogP contribution < -0.4 is 0 Å². The Morgan fingerprint density at radius 1 is 1.08 bits per heavy atom. The van der Waals surface area contributed by atoms with Crippen LogP contribution in [0.5, 0.6) is 0 Å². The molecule has 1 amide bonds. The Labute approximate surface area is 86.2 Å². The molecular formula is C10H20ClNO. The number of carbonyl (C=O) groups excluding carboxylic acids is 1. The average Bonchev–Trinajstić information content (AvgIpc) is 1.80. The molecule has 0 aromatic heterocycles. The first-order valence-electron chi connectivity index (χ1n) is 4.50. The van der Waals surface area contributed by atoms with E-state index in [1.165, 1.54) is 0 Å². The van der Waals surface area contributed by atoms with Gasteiger partial charge in [-0.15, -0.1) is 11.6 Å². The molecule has 0 aromatic carbocycles. The molecule has 2 nitrogen and oxygen atoms in total. The second kappa shape index (κ2) is 3.87. The van der Waals surface area contributed by atoms with Crippen LogP contribution in [0.4, 0.5) is 0 Å². The van der Waals surface area contributed by atoms with Crippen LogP contribution in [0.1, 0.15) is 41.5 Å². The average molecular weight is 206 g/mol. The van der Waals surface area contributed by atoms with Crippen LogP contribution >= 0.6 is 11.6 Å². The Kier molecular flexibility index (Phi) is 3.80. The number of nitrogens with zero attached hydrogens (tertiary/aromatic N) is 1. The van der Waals surface area contributed by atoms with Crippen molar-refractivity contribution >= 4 is 17.5 Å². The summed E-state index contributed by atoms with van der Waals surface area (Å²) in [6.07, 6.45) is 0. The van der Waals surface area contributed by atoms with Gasteiger partial charge in [-0.05, 0) is 41.5 Å². The lowest BCUT2D eigenvalue weighted by Crippen LogP contribution is -2.56. The molecule has 0 spiro atoms. The number of halogens is 1. The molecule has 0 aliphatic rings. The van der Waals surface area contributed by atoms with Gasteiger partial charge in [0.2, 0.25) is 5.91 Å². The van der Waals surface area contributed by atoms with E-state index in [9.17, 15) is 4.79 Å². The zero-order valence-corrected chi connectivity index (χ0v) is 10.2. The van der Waals surface area contributed by atoms with Crippen molar-refractivity contribution in [2.45, 2.75) is 52.6 Å². The molecule has 0 N–H and O–H groups in total. The second-order valence-corrected chi connectivity index (χ2v) is 5.47. The standard InChI is InChI=1S/C10H20ClNO/c1-9(2,3)12(8(13)7-11)10(4,5)6/h7H2,1-6H3. The van der Waals surface area contributed by atoms with Crippen LogP contribution in [0.25, 0.3) is 0 Å². The quantitative estimate of drug-likeness (QED) is 0.603. The summed E-state index contributed by atoms with van der Waals surface area (Å²) in [6.45, 7) is 12.1. The van der Waals surface area contributed by atoms with E-state index in [1.807, 2.05) is 46.4 Å². The molecule has 0 unspecified atom stereocenters. The lowest BCUT2D eigenvalue weighted by molar-refractivity contribution is -0.139. The summed E-state index contributed by atoms with van der Waals surface area (Å²) in [5, 5.41) is 0. The maximum atomic E-state index is 11.6. The van der Waals surface area contributed by atoms with Gasteiger partial charge in [-0.3, -0.25) is 4.79 Å². The molecule has 0 rings (SSSR count). The number of hydrogen-bond acceptors (Lipinski definition) is 1. The monoisotopic (exact) mass is 205 g/mol. The molecule has 0 saturated heterocycles. The summed E-state index contributed by atoms with van der Waals surface area (Å²) in [7, 11) is 0. The highest BCUT2D eigenvalue weighted by atomic mass is 35.5. The maximum absolute atomic E-state index is 11.6. The van der Waals surface area contributed by atoms with Crippen molar-refractivity contribution in [2.24, 2.45) is 0 Å². The van der Waals surface area contributed by atoms with Gasteiger partial charge in [0.15, 0.2) is 0 Å². The first kappa shape index (κ1) is 12.8. The Hall–Kier alpha value is -0.240. The van der Waals surface area contributed by atoms with Gasteiger partial charge in [-0.1, -0.05) is 0 Å². The molecule has 0 heterocycles. The van der Waals surface area contributed by atoms with E-state index in [0.717, 1.165) is 0 Å². The maximum Gasteiger partial charge on any atom is 0.238 e. The molecule has 0 atom stereocenters. The van der Waals surface area contributed by atoms with E-state index in [0.29, 0.717) is 0 Å². The summed E-state index contributed by atoms with van der Waals surface area (Å²) in [5.74, 6) is 0.0378. The third kappa shape index (κ3) is 3.55. The van der Waals surface area contributed by atoms with Crippen molar-refractivity contribution in [1.82, 2.24) is 4.90 Å². The van der Waals surface area contributed by atoms with E-state index in [2.05, 4.69) is 0 Å². The van der Waals surface area contributed by atoms with E-state index in [-0.39, 0.29) is 22.9 Å². The normalized spacial score (nSPS) is 12.8. The lowest BCUT2D eigenvalue weighted by Gasteiger charge is -2.45. The molecule has 0 aliphatic carbocycles. The largest absolute Gasteiger partial charge is 0.332 e. The third-order valence-electron chi connectivity index (χ3n) is 1.71. The minimum Gasteiger partial charge on any atom is -0.332 e. The SMILES string of the molecule is CC(C)(C)N(C(=O)CCl)C(C)(C)C. The summed E-state index contributed by atoms with van der Waals surface area (Å²) < 4.78 is 0. The summed E-state index contributed by atoms with van der Waals surface area (Å²) in [6, 6.07) is 0. The molecule has 0 saturated carbocycles. The number of hydrogen-bond donors (Lipinski definition) is 0. The van der Waals surface area contributed by atoms with E-state index >= 15 is 0 Å². The highest BCUT2D eigenvalue weighted by Crippen LogP contribution is 2.24. The number of carbonyl (C=O) groups is 1. The van der Waals surface area contributed by atoms with Crippen LogP contribution in [0.2, 0.25) is 0 Å². The third-order valence-corrected chi connectivity index (χ3v) is 1.93. The van der Waals surface area contributed by atoms with Gasteiger partial charge < -0.3 is 4.90 Å². The minimum atomic E-state index is -0.176. The smallest absolute Gasteiger partial charge is 0.238 e. The summed E-state index contributed by atoms with van der Waals surface area (Å²) in [4.78, 5) is 13.4. The van der Waals surface area contributed by atoms with Crippen LogP contribution in [-0.4, -0.2) is 27.8 Å². The molecule has 0 aliphatic heterocycles. The predicted molar refractivity (Wildman–Crippen MR) is 57.1 cm³/mol. The van der Waals surface area contributed by atoms with Gasteiger partial charge in [0.25, 0.3) is 0 Å². The Balaban J connectivity index is 4.89. The number of alkyl halides is 1. The van der Waals surface area contributed by atoms with E-state index < -0.39 is 0 Å². The minimum absolute atomic E-state index is 0.0123. The summed E-state index contributed by atoms with van der Waals surface area (Å²) >= 11 is 5.57. The lowest BCUT2D eigenvalue weighted by atomic mass is 9.96. The van der Waals surface area contributed by atoms with Gasteiger partial charge >= 0.3 is 0 Å². The van der Waals surface area contributed by atoms with Crippen LogP contribution in [0, 0.1) is 0 Å². The van der Waals surface area contributed by atoms with Crippen molar-refractivity contribution in [1.29, 1.82) is 0 Å². The molecule has 0 bridgehead atoms. The molecule has 78 valence electrons. The zero-order chi connectivity index (χ0) is 10.9. The molecule has 3 heteroatoms. The fourth-order valence-corrected chi connectivity index (χ4v) is 1.93.